The van der Waals surface area contributed by atoms with E-state index < -0.39 is 6.10 Å². The number of hydrogen-bond donors (Lipinski definition) is 0. The van der Waals surface area contributed by atoms with Crippen LogP contribution in [-0.2, 0) is 28.6 Å². The van der Waals surface area contributed by atoms with Crippen LogP contribution < -0.4 is 0 Å². The van der Waals surface area contributed by atoms with Gasteiger partial charge in [-0.05, 0) is 31.1 Å². The molecule has 0 heterocycles. The SMILES string of the molecule is CCCCCCCCCCCCCCC(=O)OC[C@@H](COC(=O)CCCCCCCCCCCC(C)C)OC(=O)CCCCCCCCCCCC(C)C. The van der Waals surface area contributed by atoms with Crippen molar-refractivity contribution in [3.05, 3.63) is 0 Å². The molecule has 0 spiro atoms. The number of carbonyl (C=O) groups excluding carboxylic acids is 3. The van der Waals surface area contributed by atoms with Crippen LogP contribution in [0, 0.1) is 11.8 Å². The predicted molar refractivity (Wildman–Crippen MR) is 229 cm³/mol. The molecule has 54 heavy (non-hydrogen) atoms. The van der Waals surface area contributed by atoms with Crippen molar-refractivity contribution < 1.29 is 28.6 Å². The molecule has 0 rings (SSSR count). The van der Waals surface area contributed by atoms with Crippen LogP contribution in [0.4, 0.5) is 0 Å². The van der Waals surface area contributed by atoms with Gasteiger partial charge in [0, 0.05) is 19.3 Å². The average Bonchev–Trinajstić information content (AvgIpc) is 3.14. The Hall–Kier alpha value is -1.59. The van der Waals surface area contributed by atoms with E-state index in [-0.39, 0.29) is 31.1 Å². The number of unbranched alkanes of at least 4 members (excludes halogenated alkanes) is 27. The molecule has 0 unspecified atom stereocenters. The van der Waals surface area contributed by atoms with Crippen LogP contribution in [-0.4, -0.2) is 37.2 Å². The number of hydrogen-bond acceptors (Lipinski definition) is 6. The van der Waals surface area contributed by atoms with Crippen molar-refractivity contribution in [3.8, 4) is 0 Å². The van der Waals surface area contributed by atoms with E-state index in [4.69, 9.17) is 14.2 Å². The first-order chi connectivity index (χ1) is 26.2. The van der Waals surface area contributed by atoms with Crippen LogP contribution in [0.5, 0.6) is 0 Å². The standard InChI is InChI=1S/C48H92O6/c1-6-7-8-9-10-11-12-13-18-23-28-33-38-46(49)52-41-45(54-48(51)40-35-30-25-20-15-17-22-27-32-37-44(4)5)42-53-47(50)39-34-29-24-19-14-16-21-26-31-36-43(2)3/h43-45H,6-42H2,1-5H3/t45-/m0/s1. The van der Waals surface area contributed by atoms with Crippen molar-refractivity contribution in [3.63, 3.8) is 0 Å². The smallest absolute Gasteiger partial charge is 0.306 e. The number of ether oxygens (including phenoxy) is 3. The fourth-order valence-electron chi connectivity index (χ4n) is 7.11. The maximum atomic E-state index is 12.7. The summed E-state index contributed by atoms with van der Waals surface area (Å²) in [5, 5.41) is 0. The molecule has 0 aromatic carbocycles. The van der Waals surface area contributed by atoms with E-state index in [2.05, 4.69) is 34.6 Å². The van der Waals surface area contributed by atoms with Gasteiger partial charge in [-0.25, -0.2) is 0 Å². The monoisotopic (exact) mass is 765 g/mol. The van der Waals surface area contributed by atoms with Gasteiger partial charge >= 0.3 is 17.9 Å². The zero-order valence-electron chi connectivity index (χ0n) is 36.8. The largest absolute Gasteiger partial charge is 0.462 e. The lowest BCUT2D eigenvalue weighted by atomic mass is 10.0. The molecule has 0 aromatic rings. The molecule has 0 aliphatic heterocycles. The van der Waals surface area contributed by atoms with Crippen molar-refractivity contribution in [2.45, 2.75) is 265 Å². The minimum absolute atomic E-state index is 0.0647. The minimum atomic E-state index is -0.761. The Balaban J connectivity index is 4.34. The van der Waals surface area contributed by atoms with Crippen molar-refractivity contribution in [1.82, 2.24) is 0 Å². The van der Waals surface area contributed by atoms with Crippen LogP contribution in [0.25, 0.3) is 0 Å². The molecule has 0 N–H and O–H groups in total. The van der Waals surface area contributed by atoms with E-state index in [1.54, 1.807) is 0 Å². The Morgan fingerprint density at radius 1 is 0.352 bits per heavy atom. The van der Waals surface area contributed by atoms with Gasteiger partial charge in [0.2, 0.25) is 0 Å². The molecular formula is C48H92O6. The molecule has 1 atom stereocenters. The highest BCUT2D eigenvalue weighted by molar-refractivity contribution is 5.71. The summed E-state index contributed by atoms with van der Waals surface area (Å²) in [4.78, 5) is 37.8. The van der Waals surface area contributed by atoms with Crippen molar-refractivity contribution in [2.24, 2.45) is 11.8 Å². The zero-order valence-corrected chi connectivity index (χ0v) is 36.8. The van der Waals surface area contributed by atoms with Crippen molar-refractivity contribution >= 4 is 17.9 Å². The Morgan fingerprint density at radius 2 is 0.611 bits per heavy atom. The molecule has 320 valence electrons. The van der Waals surface area contributed by atoms with Gasteiger partial charge in [0.05, 0.1) is 0 Å². The van der Waals surface area contributed by atoms with Gasteiger partial charge in [-0.1, -0.05) is 221 Å². The molecule has 6 nitrogen and oxygen atoms in total. The molecular weight excluding hydrogens is 673 g/mol. The lowest BCUT2D eigenvalue weighted by Crippen LogP contribution is -2.30. The summed E-state index contributed by atoms with van der Waals surface area (Å²) in [6, 6.07) is 0. The summed E-state index contributed by atoms with van der Waals surface area (Å²) < 4.78 is 16.7. The predicted octanol–water partition coefficient (Wildman–Crippen LogP) is 15.0. The lowest BCUT2D eigenvalue weighted by Gasteiger charge is -2.18. The van der Waals surface area contributed by atoms with Crippen molar-refractivity contribution in [1.29, 1.82) is 0 Å². The average molecular weight is 765 g/mol. The summed E-state index contributed by atoms with van der Waals surface area (Å²) in [5.41, 5.74) is 0. The summed E-state index contributed by atoms with van der Waals surface area (Å²) in [5.74, 6) is 0.758. The Bertz CT molecular complexity index is 824. The van der Waals surface area contributed by atoms with E-state index in [0.29, 0.717) is 19.3 Å². The van der Waals surface area contributed by atoms with Crippen LogP contribution in [0.1, 0.15) is 259 Å². The molecule has 0 saturated carbocycles. The number of carbonyl (C=O) groups is 3. The molecule has 0 aliphatic rings. The molecule has 0 saturated heterocycles. The van der Waals surface area contributed by atoms with E-state index in [1.165, 1.54) is 148 Å². The molecule has 0 radical (unpaired) electrons. The first kappa shape index (κ1) is 52.4. The van der Waals surface area contributed by atoms with Crippen LogP contribution in [0.15, 0.2) is 0 Å². The van der Waals surface area contributed by atoms with E-state index in [0.717, 1.165) is 69.6 Å². The summed E-state index contributed by atoms with van der Waals surface area (Å²) >= 11 is 0. The fraction of sp³-hybridized carbons (Fsp3) is 0.938. The summed E-state index contributed by atoms with van der Waals surface area (Å²) in [6.45, 7) is 11.3. The van der Waals surface area contributed by atoms with Gasteiger partial charge in [-0.15, -0.1) is 0 Å². The van der Waals surface area contributed by atoms with Gasteiger partial charge in [0.25, 0.3) is 0 Å². The molecule has 0 aliphatic carbocycles. The number of esters is 3. The normalized spacial score (nSPS) is 12.1. The quantitative estimate of drug-likeness (QED) is 0.0350. The summed E-state index contributed by atoms with van der Waals surface area (Å²) in [7, 11) is 0. The second-order valence-electron chi connectivity index (χ2n) is 17.3. The van der Waals surface area contributed by atoms with Gasteiger partial charge < -0.3 is 14.2 Å². The topological polar surface area (TPSA) is 78.9 Å². The van der Waals surface area contributed by atoms with Crippen molar-refractivity contribution in [2.75, 3.05) is 13.2 Å². The van der Waals surface area contributed by atoms with Gasteiger partial charge in [0.1, 0.15) is 13.2 Å². The van der Waals surface area contributed by atoms with Gasteiger partial charge in [-0.3, -0.25) is 14.4 Å². The lowest BCUT2D eigenvalue weighted by molar-refractivity contribution is -0.167. The maximum absolute atomic E-state index is 12.7. The highest BCUT2D eigenvalue weighted by Crippen LogP contribution is 2.17. The Morgan fingerprint density at radius 3 is 0.907 bits per heavy atom. The Labute approximate surface area is 336 Å². The number of rotatable bonds is 42. The zero-order chi connectivity index (χ0) is 39.7. The van der Waals surface area contributed by atoms with Crippen LogP contribution >= 0.6 is 0 Å². The van der Waals surface area contributed by atoms with Gasteiger partial charge in [-0.2, -0.15) is 0 Å². The first-order valence-electron chi connectivity index (χ1n) is 23.7. The highest BCUT2D eigenvalue weighted by atomic mass is 16.6. The molecule has 0 bridgehead atoms. The van der Waals surface area contributed by atoms with E-state index in [9.17, 15) is 14.4 Å². The van der Waals surface area contributed by atoms with E-state index in [1.807, 2.05) is 0 Å². The third kappa shape index (κ3) is 41.6. The van der Waals surface area contributed by atoms with Crippen LogP contribution in [0.3, 0.4) is 0 Å². The third-order valence-electron chi connectivity index (χ3n) is 10.7. The Kier molecular flexibility index (Phi) is 39.8. The van der Waals surface area contributed by atoms with Crippen LogP contribution in [0.2, 0.25) is 0 Å². The molecule has 6 heteroatoms. The second kappa shape index (κ2) is 41.1. The highest BCUT2D eigenvalue weighted by Gasteiger charge is 2.19. The second-order valence-corrected chi connectivity index (χ2v) is 17.3. The molecule has 0 fully saturated rings. The van der Waals surface area contributed by atoms with Gasteiger partial charge in [0.15, 0.2) is 6.10 Å². The maximum Gasteiger partial charge on any atom is 0.306 e. The first-order valence-corrected chi connectivity index (χ1v) is 23.7. The molecule has 0 amide bonds. The van der Waals surface area contributed by atoms with E-state index >= 15 is 0 Å². The third-order valence-corrected chi connectivity index (χ3v) is 10.7. The fourth-order valence-corrected chi connectivity index (χ4v) is 7.11. The molecule has 0 aromatic heterocycles. The minimum Gasteiger partial charge on any atom is -0.462 e. The summed E-state index contributed by atoms with van der Waals surface area (Å²) in [6.07, 6.45) is 39.4.